The van der Waals surface area contributed by atoms with Gasteiger partial charge in [0.15, 0.2) is 0 Å². The summed E-state index contributed by atoms with van der Waals surface area (Å²) in [5.74, 6) is 0.529. The highest BCUT2D eigenvalue weighted by molar-refractivity contribution is 9.10. The maximum Gasteiger partial charge on any atom is 0.252 e. The fourth-order valence-electron chi connectivity index (χ4n) is 1.37. The average Bonchev–Trinajstić information content (AvgIpc) is 2.84. The van der Waals surface area contributed by atoms with Gasteiger partial charge in [0.1, 0.15) is 6.07 Å². The number of hydrogen-bond acceptors (Lipinski definition) is 5. The van der Waals surface area contributed by atoms with Crippen molar-refractivity contribution in [1.82, 2.24) is 4.98 Å². The highest BCUT2D eigenvalue weighted by Crippen LogP contribution is 2.20. The van der Waals surface area contributed by atoms with E-state index in [0.29, 0.717) is 11.5 Å². The summed E-state index contributed by atoms with van der Waals surface area (Å²) in [4.78, 5) is 4.00. The van der Waals surface area contributed by atoms with E-state index in [2.05, 4.69) is 38.0 Å². The molecule has 2 rings (SSSR count). The van der Waals surface area contributed by atoms with Crippen LogP contribution < -0.4 is 5.43 Å². The van der Waals surface area contributed by atoms with Crippen LogP contribution in [0.25, 0.3) is 5.57 Å². The lowest BCUT2D eigenvalue weighted by molar-refractivity contribution is 0.554. The Bertz CT molecular complexity index is 695. The summed E-state index contributed by atoms with van der Waals surface area (Å²) in [6, 6.07) is 9.57. The number of nitrogens with zero attached hydrogens (tertiary/aromatic N) is 3. The van der Waals surface area contributed by atoms with Crippen molar-refractivity contribution in [3.63, 3.8) is 0 Å². The summed E-state index contributed by atoms with van der Waals surface area (Å²) in [5, 5.41) is 13.0. The van der Waals surface area contributed by atoms with Gasteiger partial charge in [-0.2, -0.15) is 15.3 Å². The van der Waals surface area contributed by atoms with Crippen molar-refractivity contribution in [3.05, 3.63) is 52.5 Å². The highest BCUT2D eigenvalue weighted by atomic mass is 79.9. The Labute approximate surface area is 124 Å². The highest BCUT2D eigenvalue weighted by Gasteiger charge is 2.12. The summed E-state index contributed by atoms with van der Waals surface area (Å²) < 4.78 is 6.35. The first-order chi connectivity index (χ1) is 9.60. The zero-order chi connectivity index (χ0) is 14.5. The fraction of sp³-hybridized carbons (Fsp3) is 0.0714. The van der Waals surface area contributed by atoms with Crippen molar-refractivity contribution in [1.29, 1.82) is 5.26 Å². The first-order valence-electron chi connectivity index (χ1n) is 5.71. The van der Waals surface area contributed by atoms with Gasteiger partial charge in [0, 0.05) is 10.0 Å². The summed E-state index contributed by atoms with van der Waals surface area (Å²) >= 11 is 3.36. The van der Waals surface area contributed by atoms with Crippen LogP contribution in [0.15, 0.2) is 44.8 Å². The molecule has 0 saturated carbocycles. The van der Waals surface area contributed by atoms with Gasteiger partial charge in [0.2, 0.25) is 11.6 Å². The molecule has 1 aromatic carbocycles. The molecule has 0 saturated heterocycles. The van der Waals surface area contributed by atoms with E-state index < -0.39 is 0 Å². The van der Waals surface area contributed by atoms with E-state index >= 15 is 0 Å². The minimum atomic E-state index is 0.149. The second-order valence-corrected chi connectivity index (χ2v) is 4.93. The van der Waals surface area contributed by atoms with Crippen LogP contribution in [0.5, 0.6) is 0 Å². The van der Waals surface area contributed by atoms with Crippen molar-refractivity contribution >= 4 is 33.6 Å². The van der Waals surface area contributed by atoms with Crippen LogP contribution in [0.4, 0.5) is 5.88 Å². The molecule has 2 aromatic rings. The monoisotopic (exact) mass is 330 g/mol. The lowest BCUT2D eigenvalue weighted by atomic mass is 10.2. The predicted octanol–water partition coefficient (Wildman–Crippen LogP) is 3.79. The van der Waals surface area contributed by atoms with E-state index in [-0.39, 0.29) is 11.6 Å². The van der Waals surface area contributed by atoms with E-state index in [1.165, 1.54) is 0 Å². The van der Waals surface area contributed by atoms with Crippen LogP contribution >= 0.6 is 15.9 Å². The maximum absolute atomic E-state index is 8.96. The van der Waals surface area contributed by atoms with Crippen molar-refractivity contribution in [2.45, 2.75) is 6.92 Å². The van der Waals surface area contributed by atoms with Crippen molar-refractivity contribution in [2.75, 3.05) is 5.43 Å². The molecular weight excluding hydrogens is 320 g/mol. The normalized spacial score (nSPS) is 10.4. The number of hydrazone groups is 1. The molecule has 6 heteroatoms. The largest absolute Gasteiger partial charge is 0.418 e. The first kappa shape index (κ1) is 14.0. The van der Waals surface area contributed by atoms with Crippen LogP contribution in [0, 0.1) is 11.3 Å². The molecule has 0 aliphatic rings. The van der Waals surface area contributed by atoms with Crippen molar-refractivity contribution in [3.8, 4) is 6.07 Å². The Hall–Kier alpha value is -2.39. The summed E-state index contributed by atoms with van der Waals surface area (Å²) in [6.07, 6.45) is 1.62. The standard InChI is InChI=1S/C14H11BrN4O/c1-9(2)13-18-12(7-16)14(20-13)19-17-8-10-3-5-11(15)6-4-10/h3-6,8,19H,1H2,2H3/b17-8+. The Morgan fingerprint density at radius 3 is 2.80 bits per heavy atom. The molecular formula is C14H11BrN4O. The molecule has 0 unspecified atom stereocenters. The molecule has 0 spiro atoms. The van der Waals surface area contributed by atoms with Crippen LogP contribution in [-0.4, -0.2) is 11.2 Å². The third-order valence-corrected chi connectivity index (χ3v) is 2.88. The van der Waals surface area contributed by atoms with E-state index in [1.807, 2.05) is 30.3 Å². The van der Waals surface area contributed by atoms with E-state index in [4.69, 9.17) is 9.68 Å². The number of allylic oxidation sites excluding steroid dienone is 1. The second-order valence-electron chi connectivity index (χ2n) is 4.01. The number of hydrogen-bond donors (Lipinski definition) is 1. The van der Waals surface area contributed by atoms with Gasteiger partial charge in [0.25, 0.3) is 5.88 Å². The first-order valence-corrected chi connectivity index (χ1v) is 6.51. The SMILES string of the molecule is C=C(C)c1nc(C#N)c(N/N=C/c2ccc(Br)cc2)o1. The van der Waals surface area contributed by atoms with Gasteiger partial charge in [-0.05, 0) is 24.6 Å². The minimum absolute atomic E-state index is 0.149. The average molecular weight is 331 g/mol. The number of anilines is 1. The molecule has 0 aliphatic heterocycles. The lowest BCUT2D eigenvalue weighted by Gasteiger charge is -1.95. The van der Waals surface area contributed by atoms with Crippen LogP contribution in [0.2, 0.25) is 0 Å². The van der Waals surface area contributed by atoms with E-state index in [9.17, 15) is 0 Å². The molecule has 0 amide bonds. The molecule has 1 aromatic heterocycles. The number of halogens is 1. The number of benzene rings is 1. The van der Waals surface area contributed by atoms with Crippen LogP contribution in [0.1, 0.15) is 24.1 Å². The van der Waals surface area contributed by atoms with Crippen LogP contribution in [-0.2, 0) is 0 Å². The zero-order valence-electron chi connectivity index (χ0n) is 10.7. The topological polar surface area (TPSA) is 74.2 Å². The molecule has 0 atom stereocenters. The Morgan fingerprint density at radius 1 is 1.50 bits per heavy atom. The quantitative estimate of drug-likeness (QED) is 0.683. The number of nitriles is 1. The molecule has 5 nitrogen and oxygen atoms in total. The minimum Gasteiger partial charge on any atom is -0.418 e. The molecule has 0 bridgehead atoms. The summed E-state index contributed by atoms with van der Waals surface area (Å²) in [7, 11) is 0. The zero-order valence-corrected chi connectivity index (χ0v) is 12.3. The summed E-state index contributed by atoms with van der Waals surface area (Å²) in [5.41, 5.74) is 4.38. The number of nitrogens with one attached hydrogen (secondary N) is 1. The van der Waals surface area contributed by atoms with E-state index in [0.717, 1.165) is 10.0 Å². The molecule has 0 radical (unpaired) electrons. The predicted molar refractivity (Wildman–Crippen MR) is 81.3 cm³/mol. The summed E-state index contributed by atoms with van der Waals surface area (Å²) in [6.45, 7) is 5.47. The Kier molecular flexibility index (Phi) is 4.33. The molecule has 0 fully saturated rings. The third-order valence-electron chi connectivity index (χ3n) is 2.35. The second kappa shape index (κ2) is 6.17. The van der Waals surface area contributed by atoms with Crippen molar-refractivity contribution in [2.24, 2.45) is 5.10 Å². The fourth-order valence-corrected chi connectivity index (χ4v) is 1.63. The van der Waals surface area contributed by atoms with Gasteiger partial charge in [-0.25, -0.2) is 5.43 Å². The van der Waals surface area contributed by atoms with Gasteiger partial charge in [0.05, 0.1) is 6.21 Å². The Balaban J connectivity index is 2.12. The van der Waals surface area contributed by atoms with Gasteiger partial charge in [-0.3, -0.25) is 0 Å². The van der Waals surface area contributed by atoms with Crippen LogP contribution in [0.3, 0.4) is 0 Å². The van der Waals surface area contributed by atoms with Gasteiger partial charge in [-0.1, -0.05) is 34.6 Å². The molecule has 0 aliphatic carbocycles. The molecule has 20 heavy (non-hydrogen) atoms. The molecule has 100 valence electrons. The van der Waals surface area contributed by atoms with Gasteiger partial charge in [-0.15, -0.1) is 0 Å². The van der Waals surface area contributed by atoms with E-state index in [1.54, 1.807) is 13.1 Å². The third kappa shape index (κ3) is 3.33. The lowest BCUT2D eigenvalue weighted by Crippen LogP contribution is -1.91. The Morgan fingerprint density at radius 2 is 2.20 bits per heavy atom. The number of aromatic nitrogens is 1. The van der Waals surface area contributed by atoms with Gasteiger partial charge >= 0.3 is 0 Å². The maximum atomic E-state index is 8.96. The number of oxazole rings is 1. The van der Waals surface area contributed by atoms with Crippen molar-refractivity contribution < 1.29 is 4.42 Å². The number of rotatable bonds is 4. The molecule has 1 heterocycles. The molecule has 1 N–H and O–H groups in total. The van der Waals surface area contributed by atoms with Gasteiger partial charge < -0.3 is 4.42 Å². The smallest absolute Gasteiger partial charge is 0.252 e.